The minimum Gasteiger partial charge on any atom is -0.497 e. The Bertz CT molecular complexity index is 458. The molecule has 0 aliphatic heterocycles. The van der Waals surface area contributed by atoms with Gasteiger partial charge < -0.3 is 15.4 Å². The second-order valence-corrected chi connectivity index (χ2v) is 4.94. The summed E-state index contributed by atoms with van der Waals surface area (Å²) in [5, 5.41) is 5.51. The molecule has 0 aliphatic carbocycles. The van der Waals surface area contributed by atoms with Gasteiger partial charge in [-0.1, -0.05) is 19.9 Å². The molecule has 0 radical (unpaired) electrons. The maximum absolute atomic E-state index is 11.9. The first-order valence-electron chi connectivity index (χ1n) is 6.72. The van der Waals surface area contributed by atoms with Gasteiger partial charge in [0, 0.05) is 25.1 Å². The molecule has 1 aromatic rings. The van der Waals surface area contributed by atoms with Crippen LogP contribution in [0, 0.1) is 5.92 Å². The first kappa shape index (κ1) is 16.0. The van der Waals surface area contributed by atoms with Crippen molar-refractivity contribution in [3.8, 4) is 5.75 Å². The topological polar surface area (TPSA) is 67.4 Å². The molecule has 5 nitrogen and oxygen atoms in total. The molecule has 0 saturated carbocycles. The lowest BCUT2D eigenvalue weighted by Gasteiger charge is -2.09. The van der Waals surface area contributed by atoms with Gasteiger partial charge in [-0.2, -0.15) is 0 Å². The lowest BCUT2D eigenvalue weighted by atomic mass is 10.1. The summed E-state index contributed by atoms with van der Waals surface area (Å²) >= 11 is 0. The van der Waals surface area contributed by atoms with Gasteiger partial charge in [-0.3, -0.25) is 9.59 Å². The number of amides is 2. The van der Waals surface area contributed by atoms with E-state index < -0.39 is 0 Å². The Hall–Kier alpha value is -2.04. The van der Waals surface area contributed by atoms with Crippen LogP contribution in [0.3, 0.4) is 0 Å². The first-order valence-corrected chi connectivity index (χ1v) is 6.72. The third-order valence-corrected chi connectivity index (χ3v) is 2.66. The number of ether oxygens (including phenoxy) is 1. The monoisotopic (exact) mass is 278 g/mol. The molecule has 5 heteroatoms. The Labute approximate surface area is 119 Å². The summed E-state index contributed by atoms with van der Waals surface area (Å²) in [6, 6.07) is 6.93. The third kappa shape index (κ3) is 5.73. The average Bonchev–Trinajstić information content (AvgIpc) is 2.42. The van der Waals surface area contributed by atoms with Gasteiger partial charge in [0.2, 0.25) is 5.91 Å². The van der Waals surface area contributed by atoms with E-state index in [9.17, 15) is 9.59 Å². The van der Waals surface area contributed by atoms with Crippen molar-refractivity contribution in [1.82, 2.24) is 10.6 Å². The normalized spacial score (nSPS) is 10.2. The van der Waals surface area contributed by atoms with Crippen LogP contribution in [0.2, 0.25) is 0 Å². The minimum absolute atomic E-state index is 0.00984. The highest BCUT2D eigenvalue weighted by atomic mass is 16.5. The van der Waals surface area contributed by atoms with E-state index in [4.69, 9.17) is 4.74 Å². The number of hydrogen-bond acceptors (Lipinski definition) is 3. The fourth-order valence-corrected chi connectivity index (χ4v) is 1.69. The fraction of sp³-hybridized carbons (Fsp3) is 0.467. The molecule has 0 aliphatic rings. The molecule has 110 valence electrons. The van der Waals surface area contributed by atoms with Crippen LogP contribution in [0.5, 0.6) is 5.75 Å². The third-order valence-electron chi connectivity index (χ3n) is 2.66. The molecule has 0 spiro atoms. The molecule has 1 aromatic carbocycles. The van der Waals surface area contributed by atoms with Crippen LogP contribution in [0.4, 0.5) is 0 Å². The molecule has 0 saturated heterocycles. The summed E-state index contributed by atoms with van der Waals surface area (Å²) < 4.78 is 5.06. The van der Waals surface area contributed by atoms with E-state index in [1.807, 2.05) is 13.8 Å². The molecule has 0 fully saturated rings. The van der Waals surface area contributed by atoms with Gasteiger partial charge in [0.15, 0.2) is 0 Å². The molecular formula is C15H22N2O3. The maximum Gasteiger partial charge on any atom is 0.251 e. The summed E-state index contributed by atoms with van der Waals surface area (Å²) in [7, 11) is 1.56. The SMILES string of the molecule is COc1cccc(C(=O)NCCNC(=O)CC(C)C)c1. The van der Waals surface area contributed by atoms with Crippen LogP contribution in [-0.4, -0.2) is 32.0 Å². The summed E-state index contributed by atoms with van der Waals surface area (Å²) in [6.45, 7) is 4.81. The lowest BCUT2D eigenvalue weighted by molar-refractivity contribution is -0.121. The fourth-order valence-electron chi connectivity index (χ4n) is 1.69. The van der Waals surface area contributed by atoms with Gasteiger partial charge in [-0.25, -0.2) is 0 Å². The van der Waals surface area contributed by atoms with Crippen molar-refractivity contribution in [2.24, 2.45) is 5.92 Å². The van der Waals surface area contributed by atoms with Crippen LogP contribution in [0.15, 0.2) is 24.3 Å². The Morgan fingerprint density at radius 1 is 1.20 bits per heavy atom. The summed E-state index contributed by atoms with van der Waals surface area (Å²) in [6.07, 6.45) is 0.504. The zero-order valence-corrected chi connectivity index (χ0v) is 12.2. The van der Waals surface area contributed by atoms with Gasteiger partial charge in [-0.15, -0.1) is 0 Å². The second kappa shape index (κ2) is 8.19. The van der Waals surface area contributed by atoms with E-state index in [0.29, 0.717) is 36.7 Å². The van der Waals surface area contributed by atoms with Crippen molar-refractivity contribution < 1.29 is 14.3 Å². The quantitative estimate of drug-likeness (QED) is 0.744. The van der Waals surface area contributed by atoms with Crippen molar-refractivity contribution >= 4 is 11.8 Å². The van der Waals surface area contributed by atoms with Crippen molar-refractivity contribution in [2.45, 2.75) is 20.3 Å². The van der Waals surface area contributed by atoms with Crippen LogP contribution in [0.1, 0.15) is 30.6 Å². The number of nitrogens with one attached hydrogen (secondary N) is 2. The van der Waals surface area contributed by atoms with E-state index in [1.165, 1.54) is 0 Å². The maximum atomic E-state index is 11.9. The molecule has 1 rings (SSSR count). The van der Waals surface area contributed by atoms with Crippen LogP contribution < -0.4 is 15.4 Å². The molecule has 0 atom stereocenters. The average molecular weight is 278 g/mol. The highest BCUT2D eigenvalue weighted by molar-refractivity contribution is 5.94. The van der Waals surface area contributed by atoms with E-state index >= 15 is 0 Å². The molecular weight excluding hydrogens is 256 g/mol. The number of benzene rings is 1. The van der Waals surface area contributed by atoms with Gasteiger partial charge in [0.25, 0.3) is 5.91 Å². The van der Waals surface area contributed by atoms with E-state index in [2.05, 4.69) is 10.6 Å². The number of carbonyl (C=O) groups excluding carboxylic acids is 2. The predicted octanol–water partition coefficient (Wildman–Crippen LogP) is 1.59. The highest BCUT2D eigenvalue weighted by Gasteiger charge is 2.07. The summed E-state index contributed by atoms with van der Waals surface area (Å²) in [5.74, 6) is 0.807. The largest absolute Gasteiger partial charge is 0.497 e. The Balaban J connectivity index is 2.31. The molecule has 0 heterocycles. The molecule has 2 N–H and O–H groups in total. The molecule has 0 aromatic heterocycles. The van der Waals surface area contributed by atoms with Crippen LogP contribution >= 0.6 is 0 Å². The van der Waals surface area contributed by atoms with Crippen molar-refractivity contribution in [1.29, 1.82) is 0 Å². The predicted molar refractivity (Wildman–Crippen MR) is 77.8 cm³/mol. The Morgan fingerprint density at radius 3 is 2.55 bits per heavy atom. The standard InChI is InChI=1S/C15H22N2O3/c1-11(2)9-14(18)16-7-8-17-15(19)12-5-4-6-13(10-12)20-3/h4-6,10-11H,7-9H2,1-3H3,(H,16,18)(H,17,19). The number of carbonyl (C=O) groups is 2. The zero-order chi connectivity index (χ0) is 15.0. The highest BCUT2D eigenvalue weighted by Crippen LogP contribution is 2.12. The molecule has 20 heavy (non-hydrogen) atoms. The number of methoxy groups -OCH3 is 1. The van der Waals surface area contributed by atoms with Gasteiger partial charge >= 0.3 is 0 Å². The van der Waals surface area contributed by atoms with Crippen molar-refractivity contribution in [2.75, 3.05) is 20.2 Å². The zero-order valence-electron chi connectivity index (χ0n) is 12.2. The summed E-state index contributed by atoms with van der Waals surface area (Å²) in [4.78, 5) is 23.3. The van der Waals surface area contributed by atoms with Crippen molar-refractivity contribution in [3.05, 3.63) is 29.8 Å². The van der Waals surface area contributed by atoms with Crippen LogP contribution in [-0.2, 0) is 4.79 Å². The second-order valence-electron chi connectivity index (χ2n) is 4.94. The first-order chi connectivity index (χ1) is 9.52. The van der Waals surface area contributed by atoms with Crippen LogP contribution in [0.25, 0.3) is 0 Å². The van der Waals surface area contributed by atoms with Gasteiger partial charge in [0.05, 0.1) is 7.11 Å². The number of rotatable bonds is 7. The molecule has 0 bridgehead atoms. The smallest absolute Gasteiger partial charge is 0.251 e. The Morgan fingerprint density at radius 2 is 1.90 bits per heavy atom. The molecule has 2 amide bonds. The minimum atomic E-state index is -0.179. The van der Waals surface area contributed by atoms with E-state index in [-0.39, 0.29) is 11.8 Å². The van der Waals surface area contributed by atoms with E-state index in [1.54, 1.807) is 31.4 Å². The molecule has 0 unspecified atom stereocenters. The number of hydrogen-bond donors (Lipinski definition) is 2. The van der Waals surface area contributed by atoms with Gasteiger partial charge in [-0.05, 0) is 24.1 Å². The lowest BCUT2D eigenvalue weighted by Crippen LogP contribution is -2.35. The van der Waals surface area contributed by atoms with E-state index in [0.717, 1.165) is 0 Å². The van der Waals surface area contributed by atoms with Crippen molar-refractivity contribution in [3.63, 3.8) is 0 Å². The van der Waals surface area contributed by atoms with Gasteiger partial charge in [0.1, 0.15) is 5.75 Å². The Kier molecular flexibility index (Phi) is 6.56. The summed E-state index contributed by atoms with van der Waals surface area (Å²) in [5.41, 5.74) is 0.540.